The van der Waals surface area contributed by atoms with Gasteiger partial charge in [0.25, 0.3) is 0 Å². The fourth-order valence-electron chi connectivity index (χ4n) is 2.12. The van der Waals surface area contributed by atoms with Crippen molar-refractivity contribution in [1.29, 1.82) is 0 Å². The van der Waals surface area contributed by atoms with Gasteiger partial charge in [0, 0.05) is 23.7 Å². The lowest BCUT2D eigenvalue weighted by Crippen LogP contribution is -2.15. The molecule has 1 aromatic heterocycles. The molecule has 1 atom stereocenters. The molecule has 1 N–H and O–H groups in total. The van der Waals surface area contributed by atoms with E-state index in [4.69, 9.17) is 4.74 Å². The van der Waals surface area contributed by atoms with Gasteiger partial charge in [-0.25, -0.2) is 9.18 Å². The summed E-state index contributed by atoms with van der Waals surface area (Å²) in [7, 11) is 0. The van der Waals surface area contributed by atoms with Crippen LogP contribution < -0.4 is 0 Å². The van der Waals surface area contributed by atoms with Crippen LogP contribution in [0.1, 0.15) is 25.5 Å². The number of esters is 1. The van der Waals surface area contributed by atoms with Crippen LogP contribution in [-0.2, 0) is 16.1 Å². The molecule has 102 valence electrons. The highest BCUT2D eigenvalue weighted by Crippen LogP contribution is 2.28. The Morgan fingerprint density at radius 1 is 1.47 bits per heavy atom. The highest BCUT2D eigenvalue weighted by molar-refractivity contribution is 5.89. The molecule has 0 aliphatic heterocycles. The maximum absolute atomic E-state index is 13.3. The molecule has 0 saturated carbocycles. The number of benzene rings is 1. The van der Waals surface area contributed by atoms with Crippen LogP contribution in [0.15, 0.2) is 24.4 Å². The van der Waals surface area contributed by atoms with Crippen LogP contribution in [0, 0.1) is 5.82 Å². The van der Waals surface area contributed by atoms with Gasteiger partial charge >= 0.3 is 5.97 Å². The van der Waals surface area contributed by atoms with Gasteiger partial charge < -0.3 is 14.4 Å². The summed E-state index contributed by atoms with van der Waals surface area (Å²) in [5.74, 6) is -1.04. The topological polar surface area (TPSA) is 51.5 Å². The van der Waals surface area contributed by atoms with E-state index >= 15 is 0 Å². The maximum atomic E-state index is 13.3. The Labute approximate surface area is 110 Å². The number of aliphatic hydroxyl groups is 1. The fraction of sp³-hybridized carbons (Fsp3) is 0.357. The van der Waals surface area contributed by atoms with Crippen molar-refractivity contribution >= 4 is 16.9 Å². The molecule has 0 saturated heterocycles. The van der Waals surface area contributed by atoms with Crippen LogP contribution in [0.5, 0.6) is 0 Å². The average molecular weight is 265 g/mol. The van der Waals surface area contributed by atoms with E-state index in [9.17, 15) is 14.3 Å². The predicted molar refractivity (Wildman–Crippen MR) is 69.2 cm³/mol. The normalized spacial score (nSPS) is 12.6. The van der Waals surface area contributed by atoms with E-state index in [1.165, 1.54) is 12.1 Å². The van der Waals surface area contributed by atoms with E-state index in [0.29, 0.717) is 23.0 Å². The molecular formula is C14H16FNO3. The molecule has 2 aromatic rings. The molecule has 0 spiro atoms. The summed E-state index contributed by atoms with van der Waals surface area (Å²) in [4.78, 5) is 11.6. The van der Waals surface area contributed by atoms with E-state index in [1.54, 1.807) is 23.8 Å². The van der Waals surface area contributed by atoms with Crippen molar-refractivity contribution in [3.63, 3.8) is 0 Å². The molecule has 4 nitrogen and oxygen atoms in total. The van der Waals surface area contributed by atoms with Crippen LogP contribution in [0.3, 0.4) is 0 Å². The molecule has 1 aromatic carbocycles. The van der Waals surface area contributed by atoms with Crippen molar-refractivity contribution in [2.24, 2.45) is 0 Å². The Balaban J connectivity index is 2.52. The molecule has 19 heavy (non-hydrogen) atoms. The van der Waals surface area contributed by atoms with Gasteiger partial charge in [-0.2, -0.15) is 0 Å². The molecule has 0 aliphatic carbocycles. The number of hydrogen-bond acceptors (Lipinski definition) is 3. The number of halogens is 1. The highest BCUT2D eigenvalue weighted by Gasteiger charge is 2.23. The zero-order chi connectivity index (χ0) is 14.0. The number of hydrogen-bond donors (Lipinski definition) is 1. The smallest absolute Gasteiger partial charge is 0.339 e. The lowest BCUT2D eigenvalue weighted by atomic mass is 10.1. The van der Waals surface area contributed by atoms with Gasteiger partial charge in [-0.05, 0) is 32.0 Å². The van der Waals surface area contributed by atoms with Crippen LogP contribution >= 0.6 is 0 Å². The summed E-state index contributed by atoms with van der Waals surface area (Å²) < 4.78 is 19.9. The van der Waals surface area contributed by atoms with Crippen molar-refractivity contribution in [1.82, 2.24) is 4.57 Å². The molecule has 5 heteroatoms. The van der Waals surface area contributed by atoms with Crippen molar-refractivity contribution in [3.8, 4) is 0 Å². The van der Waals surface area contributed by atoms with Gasteiger partial charge in [-0.1, -0.05) is 0 Å². The largest absolute Gasteiger partial charge is 0.464 e. The Hall–Kier alpha value is -1.88. The number of ether oxygens (including phenoxy) is 1. The number of aryl methyl sites for hydroxylation is 1. The fourth-order valence-corrected chi connectivity index (χ4v) is 2.12. The van der Waals surface area contributed by atoms with Gasteiger partial charge in [0.05, 0.1) is 12.1 Å². The molecule has 1 unspecified atom stereocenters. The first-order valence-electron chi connectivity index (χ1n) is 6.21. The quantitative estimate of drug-likeness (QED) is 0.864. The number of carbonyl (C=O) groups excluding carboxylic acids is 1. The van der Waals surface area contributed by atoms with E-state index in [2.05, 4.69) is 0 Å². The predicted octanol–water partition coefficient (Wildman–Crippen LogP) is 2.40. The molecule has 0 radical (unpaired) electrons. The summed E-state index contributed by atoms with van der Waals surface area (Å²) in [6.07, 6.45) is 0.312. The third-order valence-corrected chi connectivity index (χ3v) is 3.02. The minimum atomic E-state index is -1.35. The SMILES string of the molecule is CCOC(=O)C(O)c1cn(CC)c2cc(F)ccc12. The Kier molecular flexibility index (Phi) is 3.85. The van der Waals surface area contributed by atoms with Gasteiger partial charge in [-0.15, -0.1) is 0 Å². The van der Waals surface area contributed by atoms with Gasteiger partial charge in [-0.3, -0.25) is 0 Å². The lowest BCUT2D eigenvalue weighted by molar-refractivity contribution is -0.153. The molecular weight excluding hydrogens is 249 g/mol. The van der Waals surface area contributed by atoms with E-state index < -0.39 is 12.1 Å². The van der Waals surface area contributed by atoms with Gasteiger partial charge in [0.2, 0.25) is 0 Å². The Morgan fingerprint density at radius 3 is 2.84 bits per heavy atom. The number of carbonyl (C=O) groups is 1. The standard InChI is InChI=1S/C14H16FNO3/c1-3-16-8-11(13(17)14(18)19-4-2)10-6-5-9(15)7-12(10)16/h5-8,13,17H,3-4H2,1-2H3. The van der Waals surface area contributed by atoms with E-state index in [0.717, 1.165) is 0 Å². The van der Waals surface area contributed by atoms with Gasteiger partial charge in [0.15, 0.2) is 6.10 Å². The van der Waals surface area contributed by atoms with Gasteiger partial charge in [0.1, 0.15) is 5.82 Å². The summed E-state index contributed by atoms with van der Waals surface area (Å²) in [5.41, 5.74) is 1.09. The number of rotatable bonds is 4. The minimum Gasteiger partial charge on any atom is -0.464 e. The zero-order valence-electron chi connectivity index (χ0n) is 10.9. The van der Waals surface area contributed by atoms with Crippen molar-refractivity contribution < 1.29 is 19.0 Å². The third kappa shape index (κ3) is 2.46. The minimum absolute atomic E-state index is 0.205. The molecule has 0 aliphatic rings. The van der Waals surface area contributed by atoms with E-state index in [1.807, 2.05) is 6.92 Å². The van der Waals surface area contributed by atoms with Crippen LogP contribution in [0.25, 0.3) is 10.9 Å². The Bertz CT molecular complexity index is 606. The van der Waals surface area contributed by atoms with Crippen molar-refractivity contribution in [3.05, 3.63) is 35.8 Å². The first-order valence-corrected chi connectivity index (χ1v) is 6.21. The molecule has 1 heterocycles. The maximum Gasteiger partial charge on any atom is 0.339 e. The second-order valence-corrected chi connectivity index (χ2v) is 4.19. The van der Waals surface area contributed by atoms with Crippen molar-refractivity contribution in [2.75, 3.05) is 6.61 Å². The molecule has 0 fully saturated rings. The van der Waals surface area contributed by atoms with Crippen molar-refractivity contribution in [2.45, 2.75) is 26.5 Å². The van der Waals surface area contributed by atoms with Crippen LogP contribution in [0.4, 0.5) is 4.39 Å². The number of aromatic nitrogens is 1. The summed E-state index contributed by atoms with van der Waals surface area (Å²) >= 11 is 0. The molecule has 0 bridgehead atoms. The van der Waals surface area contributed by atoms with Crippen LogP contribution in [0.2, 0.25) is 0 Å². The summed E-state index contributed by atoms with van der Waals surface area (Å²) in [5, 5.41) is 10.7. The van der Waals surface area contributed by atoms with E-state index in [-0.39, 0.29) is 12.4 Å². The lowest BCUT2D eigenvalue weighted by Gasteiger charge is -2.08. The summed E-state index contributed by atoms with van der Waals surface area (Å²) in [6, 6.07) is 4.26. The summed E-state index contributed by atoms with van der Waals surface area (Å²) in [6.45, 7) is 4.41. The van der Waals surface area contributed by atoms with Crippen LogP contribution in [-0.4, -0.2) is 22.2 Å². The number of fused-ring (bicyclic) bond motifs is 1. The monoisotopic (exact) mass is 265 g/mol. The Morgan fingerprint density at radius 2 is 2.21 bits per heavy atom. The highest BCUT2D eigenvalue weighted by atomic mass is 19.1. The number of nitrogens with zero attached hydrogens (tertiary/aromatic N) is 1. The third-order valence-electron chi connectivity index (χ3n) is 3.02. The number of aliphatic hydroxyl groups excluding tert-OH is 1. The average Bonchev–Trinajstić information content (AvgIpc) is 2.76. The first-order chi connectivity index (χ1) is 9.08. The molecule has 0 amide bonds. The second-order valence-electron chi connectivity index (χ2n) is 4.19. The first kappa shape index (κ1) is 13.5. The zero-order valence-corrected chi connectivity index (χ0v) is 10.9. The second kappa shape index (κ2) is 5.40. The molecule has 2 rings (SSSR count).